The smallest absolute Gasteiger partial charge is 1.00 e. The number of para-hydroxylation sites is 2. The molecule has 14 aromatic rings. The number of nitrogens with zero attached hydrogens (tertiary/aromatic N) is 12. The summed E-state index contributed by atoms with van der Waals surface area (Å²) in [7, 11) is 0. The number of phenolic OH excluding ortho intramolecular Hbond substituents is 1. The number of thiol groups is 1. The average Bonchev–Trinajstić information content (AvgIpc) is 1.66. The van der Waals surface area contributed by atoms with Gasteiger partial charge in [-0.05, 0) is 142 Å². The Bertz CT molecular complexity index is 5980. The van der Waals surface area contributed by atoms with Crippen LogP contribution in [0.2, 0.25) is 1.41 Å². The molecule has 10 aromatic carbocycles. The van der Waals surface area contributed by atoms with Gasteiger partial charge in [0.1, 0.15) is 78.8 Å². The van der Waals surface area contributed by atoms with E-state index in [1.54, 1.807) is 18.2 Å². The van der Waals surface area contributed by atoms with Gasteiger partial charge in [-0.3, -0.25) is 19.6 Å². The van der Waals surface area contributed by atoms with Crippen molar-refractivity contribution in [2.75, 3.05) is 73.7 Å². The van der Waals surface area contributed by atoms with E-state index >= 15 is 0 Å². The van der Waals surface area contributed by atoms with Crippen LogP contribution in [0.15, 0.2) is 236 Å². The number of piperazine rings is 2. The Kier molecular flexibility index (Phi) is 43.2. The number of ether oxygens (including phenoxy) is 3. The number of carbonyl (C=O) groups is 3. The number of nitrogens with two attached hydrogens (primary N) is 1. The Morgan fingerprint density at radius 2 is 0.880 bits per heavy atom. The number of aliphatic carboxylic acids is 1. The van der Waals surface area contributed by atoms with E-state index in [4.69, 9.17) is 46.6 Å². The molecule has 17 rings (SSSR count). The van der Waals surface area contributed by atoms with E-state index in [0.29, 0.717) is 57.7 Å². The fourth-order valence-corrected chi connectivity index (χ4v) is 18.3. The molecular formula is C91H84Br3K2N13O10S6. The number of aliphatic imine (C=N–C) groups is 1. The van der Waals surface area contributed by atoms with E-state index in [0.717, 1.165) is 161 Å². The van der Waals surface area contributed by atoms with E-state index in [1.807, 2.05) is 78.5 Å². The van der Waals surface area contributed by atoms with Crippen molar-refractivity contribution in [3.63, 3.8) is 0 Å². The fraction of sp³-hybridized carbons (Fsp3) is 0.220. The van der Waals surface area contributed by atoms with Crippen LogP contribution in [0.5, 0.6) is 23.0 Å². The molecule has 0 spiro atoms. The van der Waals surface area contributed by atoms with Gasteiger partial charge in [0.25, 0.3) is 6.47 Å². The first-order valence-corrected chi connectivity index (χ1v) is 46.7. The Balaban J connectivity index is 0.000000201. The predicted octanol–water partition coefficient (Wildman–Crippen LogP) is 12.2. The number of aromatic nitrogens is 4. The van der Waals surface area contributed by atoms with Gasteiger partial charge < -0.3 is 56.3 Å². The quantitative estimate of drug-likeness (QED) is 0.0109. The Morgan fingerprint density at radius 3 is 1.23 bits per heavy atom. The minimum absolute atomic E-state index is 0. The van der Waals surface area contributed by atoms with Crippen molar-refractivity contribution in [2.24, 2.45) is 10.7 Å². The van der Waals surface area contributed by atoms with Crippen LogP contribution in [0.3, 0.4) is 0 Å². The maximum atomic E-state index is 11.2. The first-order chi connectivity index (χ1) is 60.6. The number of rotatable bonds is 24. The van der Waals surface area contributed by atoms with Crippen LogP contribution in [-0.2, 0) is 68.2 Å². The summed E-state index contributed by atoms with van der Waals surface area (Å²) in [6.45, 7) is 11.7. The van der Waals surface area contributed by atoms with E-state index < -0.39 is 18.1 Å². The van der Waals surface area contributed by atoms with E-state index in [9.17, 15) is 14.7 Å². The van der Waals surface area contributed by atoms with Crippen molar-refractivity contribution in [2.45, 2.75) is 61.0 Å². The van der Waals surface area contributed by atoms with Crippen LogP contribution < -0.4 is 138 Å². The van der Waals surface area contributed by atoms with Crippen molar-refractivity contribution in [3.8, 4) is 41.2 Å². The largest absolute Gasteiger partial charge is 1.00 e. The van der Waals surface area contributed by atoms with Crippen LogP contribution >= 0.6 is 118 Å². The zero-order valence-electron chi connectivity index (χ0n) is 70.1. The van der Waals surface area contributed by atoms with Gasteiger partial charge in [0.2, 0.25) is 0 Å². The molecule has 4 aromatic heterocycles. The van der Waals surface area contributed by atoms with E-state index in [1.165, 1.54) is 96.3 Å². The van der Waals surface area contributed by atoms with Crippen molar-refractivity contribution in [1.82, 2.24) is 29.7 Å². The Morgan fingerprint density at radius 1 is 0.520 bits per heavy atom. The summed E-state index contributed by atoms with van der Waals surface area (Å²) in [5.41, 5.74) is 17.9. The van der Waals surface area contributed by atoms with Gasteiger partial charge >= 0.3 is 109 Å². The number of aromatic hydroxyl groups is 1. The van der Waals surface area contributed by atoms with Crippen molar-refractivity contribution in [3.05, 3.63) is 295 Å². The number of alkyl halides is 3. The summed E-state index contributed by atoms with van der Waals surface area (Å²) in [6.07, 6.45) is 0.653. The van der Waals surface area contributed by atoms with Gasteiger partial charge in [-0.25, -0.2) is 24.7 Å². The minimum Gasteiger partial charge on any atom is -1.00 e. The summed E-state index contributed by atoms with van der Waals surface area (Å²) in [5, 5.41) is 58.8. The molecule has 4 N–H and O–H groups in total. The number of hydrogen-bond acceptors (Lipinski definition) is 28. The SMILES string of the molecule is BrCc1cccc(CBr)c1.N#Cc1nc2ccc(O)cc2s1.N#Cc1nc2ccc(OCc3cccc(CBr)c3)cc2s1.N#Cc1nc2ccc(OCc3cccc(CN4CCN(c5ccccc5)CC4)c3)cc2s1.O=C(O)[C@H]1CSC(c2nc3ccc(OCc4cccc(CN5CCN(c6ccccc6)CC5)c4)cc3s2)=N1.O=CO[O-].[2H]N[C@H](C=O)CS.[H-].[K+].[K+]. The molecule has 125 heavy (non-hydrogen) atoms. The van der Waals surface area contributed by atoms with Crippen molar-refractivity contribution in [1.29, 1.82) is 15.8 Å². The van der Waals surface area contributed by atoms with Crippen molar-refractivity contribution >= 4 is 194 Å². The molecule has 0 radical (unpaired) electrons. The van der Waals surface area contributed by atoms with Crippen LogP contribution in [0, 0.1) is 34.0 Å². The van der Waals surface area contributed by atoms with Crippen LogP contribution in [0.4, 0.5) is 11.4 Å². The second-order valence-corrected chi connectivity index (χ2v) is 34.6. The second-order valence-electron chi connectivity index (χ2n) is 27.4. The predicted molar refractivity (Wildman–Crippen MR) is 505 cm³/mol. The van der Waals surface area contributed by atoms with Gasteiger partial charge in [0, 0.05) is 104 Å². The molecule has 7 heterocycles. The fourth-order valence-electron chi connectivity index (χ4n) is 12.6. The summed E-state index contributed by atoms with van der Waals surface area (Å²) in [4.78, 5) is 63.6. The van der Waals surface area contributed by atoms with Crippen LogP contribution in [-0.4, -0.2) is 140 Å². The van der Waals surface area contributed by atoms with E-state index in [2.05, 4.69) is 268 Å². The molecule has 3 aliphatic heterocycles. The number of carboxylic acid groups (broad SMARTS) is 1. The first-order valence-electron chi connectivity index (χ1n) is 38.9. The van der Waals surface area contributed by atoms with Crippen LogP contribution in [0.1, 0.15) is 66.0 Å². The normalized spacial score (nSPS) is 13.6. The summed E-state index contributed by atoms with van der Waals surface area (Å²) in [6, 6.07) is 82.6. The number of carbonyl (C=O) groups excluding carboxylic acids is 2. The third kappa shape index (κ3) is 32.3. The third-order valence-electron chi connectivity index (χ3n) is 18.7. The standard InChI is InChI=1S/C29H28N4O3S2.C26H24N4OS.C16H11BrN2OS.C8H8Br2.C8H4N2OS.C3H7NOS.CH2O3.2K.H/c34-29(35)25-19-37-27(31-25)28-30-24-10-9-23(16-26(24)38-28)36-18-21-6-4-5-20(15-21)17-32-11-13-33(14-12-32)22-7-2-1-3-8-22;27-17-26-28-24-10-9-23(16-25(24)32-26)31-19-21-6-4-5-20(15-21)18-29-11-13-30(14-12-29)22-7-2-1-3-8-22;17-8-11-2-1-3-12(6-11)10-20-13-4-5-14-15(7-13)21-16(9-18)19-14;9-5-7-2-1-3-8(4-7)6-10;9-4-8-10-6-2-1-5(11)3-7(6)12-8;4-3(1-5)2-6;2-1-4-3;;;/h1-10,15-16,25H,11-14,17-19H2,(H,34,35);1-10,15-16H,11-14,18-19H2;1-7H,8,10H2;1-4H,5-6H2;1-3,11H;1,3,6H,2,4H2;1,3H;;;/q;;;;;;;2*+1;-1/p-1/t25-;;;;;3-;;;;/m1....1..../s1/i/hD. The number of phenols is 1. The zero-order valence-corrected chi connectivity index (χ0v) is 84.1. The summed E-state index contributed by atoms with van der Waals surface area (Å²) < 4.78 is 28.2. The third-order valence-corrected chi connectivity index (χ3v) is 26.0. The molecule has 0 amide bonds. The number of carboxylic acids is 1. The number of thioether (sulfide) groups is 1. The number of halogens is 3. The van der Waals surface area contributed by atoms with Gasteiger partial charge in [0.05, 0.1) is 46.9 Å². The number of anilines is 2. The number of nitriles is 3. The number of fused-ring (bicyclic) bond motifs is 4. The average molecular weight is 2030 g/mol. The van der Waals surface area contributed by atoms with Crippen LogP contribution in [0.25, 0.3) is 40.9 Å². The summed E-state index contributed by atoms with van der Waals surface area (Å²) in [5.74, 6) is 2.53. The molecular weight excluding hydrogens is 1950 g/mol. The maximum absolute atomic E-state index is 11.2. The molecule has 0 unspecified atom stereocenters. The molecule has 2 fully saturated rings. The summed E-state index contributed by atoms with van der Waals surface area (Å²) >= 11 is 21.0. The minimum atomic E-state index is -0.890. The molecule has 34 heteroatoms. The number of hydrogen-bond donors (Lipinski definition) is 4. The molecule has 0 saturated carbocycles. The van der Waals surface area contributed by atoms with Gasteiger partial charge in [-0.15, -0.1) is 57.1 Å². The maximum Gasteiger partial charge on any atom is 1.00 e. The monoisotopic (exact) mass is 2030 g/mol. The van der Waals surface area contributed by atoms with E-state index in [-0.39, 0.29) is 116 Å². The zero-order chi connectivity index (χ0) is 87.4. The Hall–Kier alpha value is -7.44. The molecule has 3 aliphatic rings. The second kappa shape index (κ2) is 54.1. The molecule has 0 aliphatic carbocycles. The topological polar surface area (TPSA) is 326 Å². The molecule has 23 nitrogen and oxygen atoms in total. The van der Waals surface area contributed by atoms with Gasteiger partial charge in [0.15, 0.2) is 21.1 Å². The molecule has 0 bridgehead atoms. The number of benzene rings is 10. The Labute approximate surface area is 863 Å². The number of thiazole rings is 4. The molecule has 2 atom stereocenters. The molecule has 632 valence electrons. The molecule has 2 saturated heterocycles. The van der Waals surface area contributed by atoms with Crippen molar-refractivity contribution < 1.29 is 155 Å². The van der Waals surface area contributed by atoms with Gasteiger partial charge in [-0.1, -0.05) is 181 Å². The number of aldehydes is 1. The first kappa shape index (κ1) is 99.7. The van der Waals surface area contributed by atoms with Gasteiger partial charge in [-0.2, -0.15) is 28.4 Å².